The maximum Gasteiger partial charge on any atom is 0.160 e. The van der Waals surface area contributed by atoms with Crippen molar-refractivity contribution in [2.75, 3.05) is 0 Å². The Morgan fingerprint density at radius 2 is 0.933 bits per heavy atom. The maximum absolute atomic E-state index is 5.49. The van der Waals surface area contributed by atoms with Gasteiger partial charge >= 0.3 is 0 Å². The van der Waals surface area contributed by atoms with E-state index in [1.807, 2.05) is 6.07 Å². The van der Waals surface area contributed by atoms with Gasteiger partial charge in [0.25, 0.3) is 0 Å². The minimum atomic E-state index is -0.571. The quantitative estimate of drug-likeness (QED) is 0.169. The van der Waals surface area contributed by atoms with Gasteiger partial charge in [0.2, 0.25) is 0 Å². The van der Waals surface area contributed by atoms with Gasteiger partial charge in [-0.15, -0.1) is 0 Å². The summed E-state index contributed by atoms with van der Waals surface area (Å²) in [7, 11) is 0. The van der Waals surface area contributed by atoms with Crippen LogP contribution in [0, 0.1) is 0 Å². The van der Waals surface area contributed by atoms with E-state index in [-0.39, 0.29) is 0 Å². The number of rotatable bonds is 6. The third-order valence-corrected chi connectivity index (χ3v) is 12.5. The van der Waals surface area contributed by atoms with E-state index < -0.39 is 5.41 Å². The van der Waals surface area contributed by atoms with Crippen LogP contribution in [-0.4, -0.2) is 14.5 Å². The molecule has 60 heavy (non-hydrogen) atoms. The van der Waals surface area contributed by atoms with Gasteiger partial charge < -0.3 is 4.57 Å². The highest BCUT2D eigenvalue weighted by molar-refractivity contribution is 6.09. The molecule has 0 bridgehead atoms. The van der Waals surface area contributed by atoms with Crippen molar-refractivity contribution in [2.45, 2.75) is 5.41 Å². The highest BCUT2D eigenvalue weighted by Gasteiger charge is 2.48. The largest absolute Gasteiger partial charge is 0.309 e. The Kier molecular flexibility index (Phi) is 7.76. The fraction of sp³-hybridized carbons (Fsp3) is 0.0175. The van der Waals surface area contributed by atoms with E-state index in [0.29, 0.717) is 5.82 Å². The van der Waals surface area contributed by atoms with Crippen LogP contribution in [0.1, 0.15) is 22.3 Å². The van der Waals surface area contributed by atoms with Gasteiger partial charge in [-0.1, -0.05) is 188 Å². The van der Waals surface area contributed by atoms with Crippen LogP contribution in [0.25, 0.3) is 83.3 Å². The van der Waals surface area contributed by atoms with E-state index in [0.717, 1.165) is 33.8 Å². The van der Waals surface area contributed by atoms with E-state index >= 15 is 0 Å². The van der Waals surface area contributed by atoms with Gasteiger partial charge in [-0.3, -0.25) is 0 Å². The fourth-order valence-electron chi connectivity index (χ4n) is 9.98. The lowest BCUT2D eigenvalue weighted by molar-refractivity contribution is 0.775. The molecule has 0 saturated carbocycles. The van der Waals surface area contributed by atoms with E-state index in [9.17, 15) is 0 Å². The van der Waals surface area contributed by atoms with E-state index in [1.54, 1.807) is 0 Å². The molecule has 0 spiro atoms. The maximum atomic E-state index is 5.49. The summed E-state index contributed by atoms with van der Waals surface area (Å²) in [5.74, 6) is 0.691. The van der Waals surface area contributed by atoms with Crippen molar-refractivity contribution in [3.05, 3.63) is 247 Å². The molecule has 9 aromatic carbocycles. The Hall–Kier alpha value is -7.88. The molecule has 2 aromatic heterocycles. The van der Waals surface area contributed by atoms with Crippen LogP contribution in [0.4, 0.5) is 0 Å². The zero-order valence-corrected chi connectivity index (χ0v) is 32.7. The molecule has 12 rings (SSSR count). The SMILES string of the molecule is c1ccc(-c2nc(-c3cccc(-n4c5ccccc5c5ccccc54)c3)cc(-c3cc4ccccc4c4c3-c3ccccc3C4(c3ccccc3)c3ccccc3)n2)cc1. The van der Waals surface area contributed by atoms with E-state index in [2.05, 4.69) is 223 Å². The summed E-state index contributed by atoms with van der Waals surface area (Å²) in [4.78, 5) is 10.8. The van der Waals surface area contributed by atoms with Crippen LogP contribution in [0.3, 0.4) is 0 Å². The second kappa shape index (κ2) is 13.6. The predicted molar refractivity (Wildman–Crippen MR) is 247 cm³/mol. The van der Waals surface area contributed by atoms with E-state index in [4.69, 9.17) is 9.97 Å². The number of hydrogen-bond acceptors (Lipinski definition) is 2. The van der Waals surface area contributed by atoms with Gasteiger partial charge in [0, 0.05) is 33.2 Å². The topological polar surface area (TPSA) is 30.7 Å². The van der Waals surface area contributed by atoms with Crippen molar-refractivity contribution >= 4 is 32.6 Å². The minimum Gasteiger partial charge on any atom is -0.309 e. The Bertz CT molecular complexity index is 3330. The third kappa shape index (κ3) is 5.09. The molecule has 1 aliphatic carbocycles. The summed E-state index contributed by atoms with van der Waals surface area (Å²) in [6.45, 7) is 0. The zero-order valence-electron chi connectivity index (χ0n) is 32.7. The molecule has 0 N–H and O–H groups in total. The molecule has 0 fully saturated rings. The van der Waals surface area contributed by atoms with Gasteiger partial charge in [-0.2, -0.15) is 0 Å². The first-order chi connectivity index (χ1) is 29.8. The average molecular weight is 764 g/mol. The smallest absolute Gasteiger partial charge is 0.160 e. The zero-order chi connectivity index (χ0) is 39.6. The van der Waals surface area contributed by atoms with Crippen molar-refractivity contribution in [1.29, 1.82) is 0 Å². The van der Waals surface area contributed by atoms with E-state index in [1.165, 1.54) is 66.0 Å². The van der Waals surface area contributed by atoms with Gasteiger partial charge in [-0.05, 0) is 80.6 Å². The summed E-state index contributed by atoms with van der Waals surface area (Å²) >= 11 is 0. The van der Waals surface area contributed by atoms with Crippen LogP contribution in [0.15, 0.2) is 224 Å². The van der Waals surface area contributed by atoms with Gasteiger partial charge in [0.15, 0.2) is 5.82 Å². The highest BCUT2D eigenvalue weighted by atomic mass is 15.0. The summed E-state index contributed by atoms with van der Waals surface area (Å²) in [5, 5.41) is 4.88. The van der Waals surface area contributed by atoms with Crippen LogP contribution < -0.4 is 0 Å². The second-order valence-corrected chi connectivity index (χ2v) is 15.7. The Morgan fingerprint density at radius 1 is 0.383 bits per heavy atom. The van der Waals surface area contributed by atoms with Crippen molar-refractivity contribution in [1.82, 2.24) is 14.5 Å². The predicted octanol–water partition coefficient (Wildman–Crippen LogP) is 14.1. The fourth-order valence-corrected chi connectivity index (χ4v) is 9.98. The standard InChI is InChI=1S/C57H37N3/c1-4-19-38(20-5-1)56-58-50(40-22-18-27-43(35-40)60-52-33-16-13-29-45(52)46-30-14-17-34-53(46)60)37-51(59-56)48-36-39-21-10-11-28-44(39)55-54(48)47-31-12-15-32-49(47)57(55,41-23-6-2-7-24-41)42-25-8-3-9-26-42/h1-37H. The number of benzene rings is 9. The van der Waals surface area contributed by atoms with Gasteiger partial charge in [0.05, 0.1) is 27.8 Å². The number of aromatic nitrogens is 3. The molecule has 0 radical (unpaired) electrons. The third-order valence-electron chi connectivity index (χ3n) is 12.5. The number of nitrogens with zero attached hydrogens (tertiary/aromatic N) is 3. The number of para-hydroxylation sites is 2. The van der Waals surface area contributed by atoms with Crippen molar-refractivity contribution in [3.8, 4) is 50.7 Å². The second-order valence-electron chi connectivity index (χ2n) is 15.7. The molecule has 3 nitrogen and oxygen atoms in total. The Labute approximate surface area is 348 Å². The molecule has 0 amide bonds. The summed E-state index contributed by atoms with van der Waals surface area (Å²) < 4.78 is 2.37. The average Bonchev–Trinajstić information content (AvgIpc) is 3.84. The molecule has 2 heterocycles. The Balaban J connectivity index is 1.16. The monoisotopic (exact) mass is 763 g/mol. The first-order valence-electron chi connectivity index (χ1n) is 20.6. The van der Waals surface area contributed by atoms with Gasteiger partial charge in [0.1, 0.15) is 0 Å². The molecule has 3 heteroatoms. The molecule has 0 unspecified atom stereocenters. The van der Waals surface area contributed by atoms with Crippen LogP contribution in [0.2, 0.25) is 0 Å². The normalized spacial score (nSPS) is 12.8. The Morgan fingerprint density at radius 3 is 1.63 bits per heavy atom. The highest BCUT2D eigenvalue weighted by Crippen LogP contribution is 2.60. The molecule has 1 aliphatic rings. The molecule has 280 valence electrons. The molecular formula is C57H37N3. The summed E-state index contributed by atoms with van der Waals surface area (Å²) in [5.41, 5.74) is 15.2. The molecule has 0 saturated heterocycles. The number of fused-ring (bicyclic) bond motifs is 8. The minimum absolute atomic E-state index is 0.571. The van der Waals surface area contributed by atoms with Gasteiger partial charge in [-0.25, -0.2) is 9.97 Å². The van der Waals surface area contributed by atoms with Crippen molar-refractivity contribution < 1.29 is 0 Å². The summed E-state index contributed by atoms with van der Waals surface area (Å²) in [6, 6.07) is 81.0. The first-order valence-corrected chi connectivity index (χ1v) is 20.6. The molecule has 11 aromatic rings. The molecular weight excluding hydrogens is 727 g/mol. The van der Waals surface area contributed by atoms with Crippen molar-refractivity contribution in [2.24, 2.45) is 0 Å². The lowest BCUT2D eigenvalue weighted by atomic mass is 9.66. The van der Waals surface area contributed by atoms with Crippen LogP contribution in [0.5, 0.6) is 0 Å². The lowest BCUT2D eigenvalue weighted by Gasteiger charge is -2.34. The van der Waals surface area contributed by atoms with Crippen molar-refractivity contribution in [3.63, 3.8) is 0 Å². The molecule has 0 atom stereocenters. The molecule has 0 aliphatic heterocycles. The summed E-state index contributed by atoms with van der Waals surface area (Å²) in [6.07, 6.45) is 0. The van der Waals surface area contributed by atoms with Crippen LogP contribution >= 0.6 is 0 Å². The first kappa shape index (κ1) is 34.2. The van der Waals surface area contributed by atoms with Crippen LogP contribution in [-0.2, 0) is 5.41 Å². The lowest BCUT2D eigenvalue weighted by Crippen LogP contribution is -2.28. The number of hydrogen-bond donors (Lipinski definition) is 0.